The second-order valence-electron chi connectivity index (χ2n) is 4.41. The zero-order chi connectivity index (χ0) is 14.1. The number of halogens is 1. The van der Waals surface area contributed by atoms with Crippen LogP contribution < -0.4 is 5.32 Å². The van der Waals surface area contributed by atoms with Crippen molar-refractivity contribution >= 4 is 33.5 Å². The highest BCUT2D eigenvalue weighted by Gasteiger charge is 2.21. The van der Waals surface area contributed by atoms with Gasteiger partial charge >= 0.3 is 5.97 Å². The van der Waals surface area contributed by atoms with E-state index in [-0.39, 0.29) is 18.5 Å². The zero-order valence-corrected chi connectivity index (χ0v) is 11.9. The second kappa shape index (κ2) is 5.09. The number of hydrogen-bond acceptors (Lipinski definition) is 3. The molecule has 0 spiro atoms. The summed E-state index contributed by atoms with van der Waals surface area (Å²) in [7, 11) is 0. The van der Waals surface area contributed by atoms with Crippen molar-refractivity contribution in [1.82, 2.24) is 0 Å². The van der Waals surface area contributed by atoms with Crippen LogP contribution in [-0.4, -0.2) is 11.9 Å². The van der Waals surface area contributed by atoms with E-state index in [1.165, 1.54) is 0 Å². The van der Waals surface area contributed by atoms with Crippen molar-refractivity contribution in [3.8, 4) is 0 Å². The van der Waals surface area contributed by atoms with Gasteiger partial charge in [-0.05, 0) is 36.4 Å². The minimum Gasteiger partial charge on any atom is -0.457 e. The second-order valence-corrected chi connectivity index (χ2v) is 5.33. The average Bonchev–Trinajstić information content (AvgIpc) is 2.80. The molecule has 1 heterocycles. The molecule has 100 valence electrons. The smallest absolute Gasteiger partial charge is 0.338 e. The molecule has 0 aliphatic carbocycles. The summed E-state index contributed by atoms with van der Waals surface area (Å²) in [5, 5.41) is 2.80. The lowest BCUT2D eigenvalue weighted by Crippen LogP contribution is -2.12. The van der Waals surface area contributed by atoms with Gasteiger partial charge in [-0.15, -0.1) is 0 Å². The minimum absolute atomic E-state index is 0.198. The van der Waals surface area contributed by atoms with Crippen LogP contribution >= 0.6 is 15.9 Å². The van der Waals surface area contributed by atoms with Crippen LogP contribution in [0.25, 0.3) is 0 Å². The van der Waals surface area contributed by atoms with E-state index in [1.54, 1.807) is 36.4 Å². The van der Waals surface area contributed by atoms with Crippen molar-refractivity contribution in [3.05, 3.63) is 63.6 Å². The maximum atomic E-state index is 12.1. The number of hydrogen-bond donors (Lipinski definition) is 1. The highest BCUT2D eigenvalue weighted by Crippen LogP contribution is 2.23. The highest BCUT2D eigenvalue weighted by atomic mass is 79.9. The summed E-state index contributed by atoms with van der Waals surface area (Å²) in [6.45, 7) is 0.259. The number of ether oxygens (including phenoxy) is 1. The Balaban J connectivity index is 1.82. The SMILES string of the molecule is O=C(Nc1ccc2c(c1)COC2=O)c1cccc(Br)c1. The Kier molecular flexibility index (Phi) is 3.28. The number of nitrogens with one attached hydrogen (secondary N) is 1. The van der Waals surface area contributed by atoms with Gasteiger partial charge in [0.05, 0.1) is 5.56 Å². The number of fused-ring (bicyclic) bond motifs is 1. The first-order valence-corrected chi connectivity index (χ1v) is 6.80. The Hall–Kier alpha value is -2.14. The molecule has 2 aromatic carbocycles. The Labute approximate surface area is 123 Å². The summed E-state index contributed by atoms with van der Waals surface area (Å²) in [6.07, 6.45) is 0. The van der Waals surface area contributed by atoms with Crippen LogP contribution in [0.15, 0.2) is 46.9 Å². The minimum atomic E-state index is -0.315. The number of benzene rings is 2. The third-order valence-corrected chi connectivity index (χ3v) is 3.52. The molecular formula is C15H10BrNO3. The summed E-state index contributed by atoms with van der Waals surface area (Å²) in [4.78, 5) is 23.4. The predicted octanol–water partition coefficient (Wildman–Crippen LogP) is 3.37. The van der Waals surface area contributed by atoms with Crippen LogP contribution in [0.1, 0.15) is 26.3 Å². The number of carbonyl (C=O) groups is 2. The lowest BCUT2D eigenvalue weighted by atomic mass is 10.1. The zero-order valence-electron chi connectivity index (χ0n) is 10.4. The van der Waals surface area contributed by atoms with Gasteiger partial charge in [-0.1, -0.05) is 22.0 Å². The summed E-state index contributed by atoms with van der Waals surface area (Å²) in [5.41, 5.74) is 2.56. The first-order valence-electron chi connectivity index (χ1n) is 6.00. The van der Waals surface area contributed by atoms with E-state index in [0.29, 0.717) is 16.8 Å². The van der Waals surface area contributed by atoms with Crippen LogP contribution in [0.5, 0.6) is 0 Å². The van der Waals surface area contributed by atoms with Crippen molar-refractivity contribution in [1.29, 1.82) is 0 Å². The fraction of sp³-hybridized carbons (Fsp3) is 0.0667. The number of esters is 1. The van der Waals surface area contributed by atoms with Gasteiger partial charge in [-0.2, -0.15) is 0 Å². The van der Waals surface area contributed by atoms with Gasteiger partial charge in [-0.3, -0.25) is 4.79 Å². The van der Waals surface area contributed by atoms with Crippen LogP contribution in [0.4, 0.5) is 5.69 Å². The number of anilines is 1. The molecule has 20 heavy (non-hydrogen) atoms. The van der Waals surface area contributed by atoms with E-state index in [0.717, 1.165) is 10.0 Å². The van der Waals surface area contributed by atoms with Crippen molar-refractivity contribution < 1.29 is 14.3 Å². The molecule has 0 unspecified atom stereocenters. The lowest BCUT2D eigenvalue weighted by molar-refractivity contribution is 0.0535. The third-order valence-electron chi connectivity index (χ3n) is 3.03. The molecule has 0 bridgehead atoms. The third kappa shape index (κ3) is 2.44. The van der Waals surface area contributed by atoms with Crippen molar-refractivity contribution in [3.63, 3.8) is 0 Å². The Morgan fingerprint density at radius 2 is 2.05 bits per heavy atom. The summed E-state index contributed by atoms with van der Waals surface area (Å²) >= 11 is 3.33. The van der Waals surface area contributed by atoms with Gasteiger partial charge in [-0.25, -0.2) is 4.79 Å². The first kappa shape index (κ1) is 12.9. The molecule has 1 aliphatic rings. The molecule has 0 saturated carbocycles. The summed E-state index contributed by atoms with van der Waals surface area (Å²) in [5.74, 6) is -0.513. The largest absolute Gasteiger partial charge is 0.457 e. The van der Waals surface area contributed by atoms with Crippen LogP contribution in [0.2, 0.25) is 0 Å². The molecule has 1 N–H and O–H groups in total. The van der Waals surface area contributed by atoms with E-state index in [1.807, 2.05) is 6.07 Å². The van der Waals surface area contributed by atoms with Crippen LogP contribution in [-0.2, 0) is 11.3 Å². The fourth-order valence-corrected chi connectivity index (χ4v) is 2.44. The molecular weight excluding hydrogens is 322 g/mol. The van der Waals surface area contributed by atoms with Gasteiger partial charge in [0.2, 0.25) is 0 Å². The summed E-state index contributed by atoms with van der Waals surface area (Å²) in [6, 6.07) is 12.3. The topological polar surface area (TPSA) is 55.4 Å². The number of rotatable bonds is 2. The molecule has 2 aromatic rings. The molecule has 0 aromatic heterocycles. The van der Waals surface area contributed by atoms with Crippen molar-refractivity contribution in [2.45, 2.75) is 6.61 Å². The maximum Gasteiger partial charge on any atom is 0.338 e. The molecule has 0 radical (unpaired) electrons. The van der Waals surface area contributed by atoms with Crippen molar-refractivity contribution in [2.24, 2.45) is 0 Å². The predicted molar refractivity (Wildman–Crippen MR) is 77.7 cm³/mol. The number of cyclic esters (lactones) is 1. The number of amides is 1. The van der Waals surface area contributed by atoms with Crippen LogP contribution in [0.3, 0.4) is 0 Å². The van der Waals surface area contributed by atoms with Gasteiger partial charge < -0.3 is 10.1 Å². The molecule has 1 amide bonds. The van der Waals surface area contributed by atoms with E-state index < -0.39 is 0 Å². The molecule has 3 rings (SSSR count). The lowest BCUT2D eigenvalue weighted by Gasteiger charge is -2.06. The molecule has 5 heteroatoms. The van der Waals surface area contributed by atoms with Gasteiger partial charge in [0.15, 0.2) is 0 Å². The molecule has 0 saturated heterocycles. The standard InChI is InChI=1S/C15H10BrNO3/c16-11-3-1-2-9(6-11)14(18)17-12-4-5-13-10(7-12)8-20-15(13)19/h1-7H,8H2,(H,17,18). The van der Waals surface area contributed by atoms with Crippen LogP contribution in [0, 0.1) is 0 Å². The molecule has 4 nitrogen and oxygen atoms in total. The Morgan fingerprint density at radius 1 is 1.20 bits per heavy atom. The Morgan fingerprint density at radius 3 is 2.85 bits per heavy atom. The van der Waals surface area contributed by atoms with Crippen molar-refractivity contribution in [2.75, 3.05) is 5.32 Å². The highest BCUT2D eigenvalue weighted by molar-refractivity contribution is 9.10. The molecule has 1 aliphatic heterocycles. The normalized spacial score (nSPS) is 12.8. The monoisotopic (exact) mass is 331 g/mol. The Bertz CT molecular complexity index is 712. The molecule has 0 atom stereocenters. The van der Waals surface area contributed by atoms with Gasteiger partial charge in [0.1, 0.15) is 6.61 Å². The van der Waals surface area contributed by atoms with E-state index in [2.05, 4.69) is 21.2 Å². The van der Waals surface area contributed by atoms with Gasteiger partial charge in [0.25, 0.3) is 5.91 Å². The quantitative estimate of drug-likeness (QED) is 0.858. The molecule has 0 fully saturated rings. The fourth-order valence-electron chi connectivity index (χ4n) is 2.04. The average molecular weight is 332 g/mol. The van der Waals surface area contributed by atoms with E-state index in [4.69, 9.17) is 4.74 Å². The van der Waals surface area contributed by atoms with E-state index >= 15 is 0 Å². The van der Waals surface area contributed by atoms with E-state index in [9.17, 15) is 9.59 Å². The maximum absolute atomic E-state index is 12.1. The number of carbonyl (C=O) groups excluding carboxylic acids is 2. The van der Waals surface area contributed by atoms with Gasteiger partial charge in [0, 0.05) is 21.3 Å². The summed E-state index contributed by atoms with van der Waals surface area (Å²) < 4.78 is 5.77. The first-order chi connectivity index (χ1) is 9.63.